The highest BCUT2D eigenvalue weighted by atomic mass is 16.5. The third-order valence-corrected chi connectivity index (χ3v) is 4.71. The highest BCUT2D eigenvalue weighted by Crippen LogP contribution is 2.16. The normalized spacial score (nSPS) is 14.8. The van der Waals surface area contributed by atoms with Crippen molar-refractivity contribution in [2.24, 2.45) is 0 Å². The minimum atomic E-state index is -0.397. The van der Waals surface area contributed by atoms with Crippen LogP contribution in [0, 0.1) is 0 Å². The molecule has 0 unspecified atom stereocenters. The Morgan fingerprint density at radius 2 is 1.73 bits per heavy atom. The summed E-state index contributed by atoms with van der Waals surface area (Å²) in [4.78, 5) is 14.2. The van der Waals surface area contributed by atoms with Crippen molar-refractivity contribution in [3.8, 4) is 5.75 Å². The Morgan fingerprint density at radius 1 is 1.00 bits per heavy atom. The highest BCUT2D eigenvalue weighted by molar-refractivity contribution is 5.84. The molecule has 0 atom stereocenters. The molecule has 0 spiro atoms. The molecule has 1 aromatic rings. The topological polar surface area (TPSA) is 50.8 Å². The molecule has 5 nitrogen and oxygen atoms in total. The predicted octanol–water partition coefficient (Wildman–Crippen LogP) is 5.07. The van der Waals surface area contributed by atoms with E-state index in [4.69, 9.17) is 9.47 Å². The van der Waals surface area contributed by atoms with Crippen LogP contribution in [-0.2, 0) is 4.74 Å². The van der Waals surface area contributed by atoms with Crippen molar-refractivity contribution in [1.29, 1.82) is 0 Å². The van der Waals surface area contributed by atoms with Crippen LogP contribution in [-0.4, -0.2) is 43.8 Å². The van der Waals surface area contributed by atoms with Gasteiger partial charge in [0, 0.05) is 12.2 Å². The minimum Gasteiger partial charge on any atom is -0.494 e. The van der Waals surface area contributed by atoms with Gasteiger partial charge in [0.1, 0.15) is 12.4 Å². The molecule has 1 N–H and O–H groups in total. The molecule has 1 fully saturated rings. The fourth-order valence-electron chi connectivity index (χ4n) is 3.13. The number of ether oxygens (including phenoxy) is 2. The molecule has 0 saturated carbocycles. The first-order valence-corrected chi connectivity index (χ1v) is 10.2. The van der Waals surface area contributed by atoms with Gasteiger partial charge in [-0.25, -0.2) is 4.79 Å². The summed E-state index contributed by atoms with van der Waals surface area (Å²) in [6, 6.07) is 7.46. The summed E-state index contributed by atoms with van der Waals surface area (Å²) >= 11 is 0. The Morgan fingerprint density at radius 3 is 2.46 bits per heavy atom. The predicted molar refractivity (Wildman–Crippen MR) is 106 cm³/mol. The number of likely N-dealkylation sites (tertiary alicyclic amines) is 1. The number of nitrogens with zero attached hydrogens (tertiary/aromatic N) is 1. The van der Waals surface area contributed by atoms with E-state index in [2.05, 4.69) is 17.1 Å². The first-order chi connectivity index (χ1) is 12.8. The van der Waals surface area contributed by atoms with Crippen molar-refractivity contribution in [3.63, 3.8) is 0 Å². The molecule has 0 aromatic heterocycles. The van der Waals surface area contributed by atoms with Crippen molar-refractivity contribution < 1.29 is 14.3 Å². The van der Waals surface area contributed by atoms with Crippen molar-refractivity contribution in [1.82, 2.24) is 4.90 Å². The van der Waals surface area contributed by atoms with E-state index >= 15 is 0 Å². The van der Waals surface area contributed by atoms with Crippen LogP contribution in [0.5, 0.6) is 5.75 Å². The lowest BCUT2D eigenvalue weighted by atomic mass is 10.1. The lowest BCUT2D eigenvalue weighted by Gasteiger charge is -2.25. The van der Waals surface area contributed by atoms with Crippen LogP contribution in [0.1, 0.15) is 58.3 Å². The maximum Gasteiger partial charge on any atom is 0.411 e. The minimum absolute atomic E-state index is 0.397. The molecule has 2 rings (SSSR count). The van der Waals surface area contributed by atoms with Gasteiger partial charge in [0.2, 0.25) is 0 Å². The van der Waals surface area contributed by atoms with Crippen molar-refractivity contribution in [2.75, 3.05) is 38.2 Å². The second-order valence-electron chi connectivity index (χ2n) is 6.95. The molecule has 5 heteroatoms. The summed E-state index contributed by atoms with van der Waals surface area (Å²) in [6.45, 7) is 6.45. The largest absolute Gasteiger partial charge is 0.494 e. The third kappa shape index (κ3) is 8.56. The number of benzene rings is 1. The molecule has 0 aliphatic carbocycles. The second-order valence-corrected chi connectivity index (χ2v) is 6.95. The van der Waals surface area contributed by atoms with Crippen molar-refractivity contribution in [2.45, 2.75) is 58.3 Å². The fraction of sp³-hybridized carbons (Fsp3) is 0.667. The molecular formula is C21H34N2O3. The van der Waals surface area contributed by atoms with E-state index in [1.165, 1.54) is 44.9 Å². The molecule has 1 saturated heterocycles. The summed E-state index contributed by atoms with van der Waals surface area (Å²) in [7, 11) is 0. The van der Waals surface area contributed by atoms with Crippen LogP contribution in [0.4, 0.5) is 10.5 Å². The monoisotopic (exact) mass is 362 g/mol. The molecule has 1 aromatic carbocycles. The van der Waals surface area contributed by atoms with E-state index in [9.17, 15) is 4.79 Å². The maximum absolute atomic E-state index is 11.9. The number of anilines is 1. The maximum atomic E-state index is 11.9. The Bertz CT molecular complexity index is 498. The zero-order valence-electron chi connectivity index (χ0n) is 16.2. The molecule has 1 heterocycles. The number of unbranched alkanes of at least 4 members (excludes halogenated alkanes) is 4. The van der Waals surface area contributed by atoms with Crippen LogP contribution in [0.15, 0.2) is 24.3 Å². The molecule has 26 heavy (non-hydrogen) atoms. The zero-order valence-corrected chi connectivity index (χ0v) is 16.2. The van der Waals surface area contributed by atoms with Crippen molar-refractivity contribution >= 4 is 11.8 Å². The summed E-state index contributed by atoms with van der Waals surface area (Å²) in [5.41, 5.74) is 0.725. The van der Waals surface area contributed by atoms with Gasteiger partial charge in [0.05, 0.1) is 6.61 Å². The van der Waals surface area contributed by atoms with Crippen LogP contribution < -0.4 is 10.1 Å². The lowest BCUT2D eigenvalue weighted by Crippen LogP contribution is -2.33. The fourth-order valence-corrected chi connectivity index (χ4v) is 3.13. The molecule has 1 aliphatic heterocycles. The zero-order chi connectivity index (χ0) is 18.5. The number of carbonyl (C=O) groups excluding carboxylic acids is 1. The quantitative estimate of drug-likeness (QED) is 0.558. The SMILES string of the molecule is CCCCCCCOc1ccc(NC(=O)OCCN2CCCCC2)cc1. The average molecular weight is 363 g/mol. The van der Waals surface area contributed by atoms with E-state index < -0.39 is 6.09 Å². The van der Waals surface area contributed by atoms with Gasteiger partial charge in [-0.2, -0.15) is 0 Å². The summed E-state index contributed by atoms with van der Waals surface area (Å²) in [5.74, 6) is 0.838. The molecule has 146 valence electrons. The van der Waals surface area contributed by atoms with Gasteiger partial charge in [-0.05, 0) is 56.6 Å². The first-order valence-electron chi connectivity index (χ1n) is 10.2. The Hall–Kier alpha value is -1.75. The highest BCUT2D eigenvalue weighted by Gasteiger charge is 2.10. The average Bonchev–Trinajstić information content (AvgIpc) is 2.67. The van der Waals surface area contributed by atoms with Crippen LogP contribution in [0.25, 0.3) is 0 Å². The number of hydrogen-bond acceptors (Lipinski definition) is 4. The molecular weight excluding hydrogens is 328 g/mol. The van der Waals surface area contributed by atoms with E-state index in [-0.39, 0.29) is 0 Å². The number of rotatable bonds is 11. The van der Waals surface area contributed by atoms with Gasteiger partial charge >= 0.3 is 6.09 Å². The van der Waals surface area contributed by atoms with Gasteiger partial charge in [0.25, 0.3) is 0 Å². The van der Waals surface area contributed by atoms with Crippen LogP contribution in [0.3, 0.4) is 0 Å². The van der Waals surface area contributed by atoms with E-state index in [1.807, 2.05) is 24.3 Å². The van der Waals surface area contributed by atoms with E-state index in [1.54, 1.807) is 0 Å². The van der Waals surface area contributed by atoms with Gasteiger partial charge in [0.15, 0.2) is 0 Å². The van der Waals surface area contributed by atoms with Crippen molar-refractivity contribution in [3.05, 3.63) is 24.3 Å². The van der Waals surface area contributed by atoms with E-state index in [0.29, 0.717) is 6.61 Å². The van der Waals surface area contributed by atoms with Gasteiger partial charge in [-0.1, -0.05) is 39.0 Å². The number of nitrogens with one attached hydrogen (secondary N) is 1. The molecule has 1 amide bonds. The standard InChI is InChI=1S/C21H34N2O3/c1-2-3-4-5-9-17-25-20-12-10-19(11-13-20)22-21(24)26-18-16-23-14-7-6-8-15-23/h10-13H,2-9,14-18H2,1H3,(H,22,24). The van der Waals surface area contributed by atoms with E-state index in [0.717, 1.165) is 44.1 Å². The van der Waals surface area contributed by atoms with Gasteiger partial charge in [-0.3, -0.25) is 10.2 Å². The number of hydrogen-bond donors (Lipinski definition) is 1. The summed E-state index contributed by atoms with van der Waals surface area (Å²) in [6.07, 6.45) is 9.56. The summed E-state index contributed by atoms with van der Waals surface area (Å²) < 4.78 is 11.0. The number of amides is 1. The number of carbonyl (C=O) groups is 1. The van der Waals surface area contributed by atoms with Gasteiger partial charge < -0.3 is 9.47 Å². The lowest BCUT2D eigenvalue weighted by molar-refractivity contribution is 0.131. The first kappa shape index (κ1) is 20.6. The smallest absolute Gasteiger partial charge is 0.411 e. The van der Waals surface area contributed by atoms with Crippen LogP contribution >= 0.6 is 0 Å². The van der Waals surface area contributed by atoms with Gasteiger partial charge in [-0.15, -0.1) is 0 Å². The van der Waals surface area contributed by atoms with Crippen LogP contribution in [0.2, 0.25) is 0 Å². The summed E-state index contributed by atoms with van der Waals surface area (Å²) in [5, 5.41) is 2.76. The molecule has 1 aliphatic rings. The third-order valence-electron chi connectivity index (χ3n) is 4.71. The Labute approximate surface area is 158 Å². The molecule has 0 radical (unpaired) electrons. The second kappa shape index (κ2) is 12.6. The number of piperidine rings is 1. The Kier molecular flexibility index (Phi) is 9.95. The molecule has 0 bridgehead atoms. The Balaban J connectivity index is 1.57.